The van der Waals surface area contributed by atoms with E-state index in [4.69, 9.17) is 4.74 Å². The van der Waals surface area contributed by atoms with Gasteiger partial charge in [-0.25, -0.2) is 4.79 Å². The number of aromatic nitrogens is 2. The highest BCUT2D eigenvalue weighted by Crippen LogP contribution is 2.19. The standard InChI is InChI=1S/C13H16N2O2/c1-4-17-13(16)10-5-6-12-11(7-10)8-14-15(12)9(2)3/h5-9H,4H2,1-3H3. The molecule has 0 spiro atoms. The molecule has 0 saturated carbocycles. The third-order valence-electron chi connectivity index (χ3n) is 2.60. The molecular formula is C13H16N2O2. The number of fused-ring (bicyclic) bond motifs is 1. The first kappa shape index (κ1) is 11.6. The summed E-state index contributed by atoms with van der Waals surface area (Å²) in [4.78, 5) is 11.6. The second kappa shape index (κ2) is 4.57. The molecule has 90 valence electrons. The fourth-order valence-electron chi connectivity index (χ4n) is 1.81. The Labute approximate surface area is 100 Å². The van der Waals surface area contributed by atoms with Gasteiger partial charge in [-0.2, -0.15) is 5.10 Å². The molecule has 0 aliphatic heterocycles. The zero-order valence-corrected chi connectivity index (χ0v) is 10.3. The van der Waals surface area contributed by atoms with Crippen molar-refractivity contribution in [1.29, 1.82) is 0 Å². The summed E-state index contributed by atoms with van der Waals surface area (Å²) in [5, 5.41) is 5.27. The number of hydrogen-bond acceptors (Lipinski definition) is 3. The topological polar surface area (TPSA) is 44.1 Å². The van der Waals surface area contributed by atoms with E-state index in [1.807, 2.05) is 16.8 Å². The van der Waals surface area contributed by atoms with Crippen LogP contribution < -0.4 is 0 Å². The quantitative estimate of drug-likeness (QED) is 0.764. The van der Waals surface area contributed by atoms with Crippen molar-refractivity contribution in [3.8, 4) is 0 Å². The van der Waals surface area contributed by atoms with E-state index < -0.39 is 0 Å². The first-order valence-electron chi connectivity index (χ1n) is 5.78. The number of nitrogens with zero attached hydrogens (tertiary/aromatic N) is 2. The number of carbonyl (C=O) groups is 1. The average Bonchev–Trinajstić information content (AvgIpc) is 2.71. The maximum Gasteiger partial charge on any atom is 0.338 e. The summed E-state index contributed by atoms with van der Waals surface area (Å²) in [5.74, 6) is -0.285. The van der Waals surface area contributed by atoms with Crippen LogP contribution in [0.25, 0.3) is 10.9 Å². The van der Waals surface area contributed by atoms with Crippen LogP contribution in [0.15, 0.2) is 24.4 Å². The van der Waals surface area contributed by atoms with Crippen molar-refractivity contribution in [2.24, 2.45) is 0 Å². The number of hydrogen-bond donors (Lipinski definition) is 0. The van der Waals surface area contributed by atoms with Crippen LogP contribution in [0.2, 0.25) is 0 Å². The van der Waals surface area contributed by atoms with E-state index in [-0.39, 0.29) is 5.97 Å². The van der Waals surface area contributed by atoms with Crippen LogP contribution in [-0.2, 0) is 4.74 Å². The van der Waals surface area contributed by atoms with Gasteiger partial charge in [-0.3, -0.25) is 4.68 Å². The van der Waals surface area contributed by atoms with Crippen LogP contribution in [-0.4, -0.2) is 22.4 Å². The predicted octanol–water partition coefficient (Wildman–Crippen LogP) is 2.79. The normalized spacial score (nSPS) is 11.1. The Balaban J connectivity index is 2.42. The van der Waals surface area contributed by atoms with E-state index >= 15 is 0 Å². The van der Waals surface area contributed by atoms with Crippen molar-refractivity contribution < 1.29 is 9.53 Å². The molecule has 1 aromatic carbocycles. The molecule has 1 heterocycles. The fourth-order valence-corrected chi connectivity index (χ4v) is 1.81. The fraction of sp³-hybridized carbons (Fsp3) is 0.385. The molecule has 17 heavy (non-hydrogen) atoms. The lowest BCUT2D eigenvalue weighted by molar-refractivity contribution is 0.0526. The molecule has 1 aromatic heterocycles. The zero-order chi connectivity index (χ0) is 12.4. The minimum absolute atomic E-state index is 0.285. The van der Waals surface area contributed by atoms with Gasteiger partial charge >= 0.3 is 5.97 Å². The number of esters is 1. The molecule has 2 aromatic rings. The largest absolute Gasteiger partial charge is 0.462 e. The lowest BCUT2D eigenvalue weighted by Gasteiger charge is -2.07. The van der Waals surface area contributed by atoms with E-state index in [1.54, 1.807) is 19.2 Å². The Bertz CT molecular complexity index is 543. The van der Waals surface area contributed by atoms with Gasteiger partial charge in [0.05, 0.1) is 23.9 Å². The Hall–Kier alpha value is -1.84. The summed E-state index contributed by atoms with van der Waals surface area (Å²) in [7, 11) is 0. The van der Waals surface area contributed by atoms with Crippen molar-refractivity contribution in [2.45, 2.75) is 26.8 Å². The Morgan fingerprint density at radius 2 is 2.24 bits per heavy atom. The van der Waals surface area contributed by atoms with Crippen molar-refractivity contribution in [3.05, 3.63) is 30.0 Å². The number of carbonyl (C=O) groups excluding carboxylic acids is 1. The molecule has 0 fully saturated rings. The van der Waals surface area contributed by atoms with Gasteiger partial charge < -0.3 is 4.74 Å². The average molecular weight is 232 g/mol. The van der Waals surface area contributed by atoms with Gasteiger partial charge in [-0.05, 0) is 39.0 Å². The highest BCUT2D eigenvalue weighted by atomic mass is 16.5. The van der Waals surface area contributed by atoms with Gasteiger partial charge in [-0.1, -0.05) is 0 Å². The first-order chi connectivity index (χ1) is 8.13. The van der Waals surface area contributed by atoms with E-state index in [2.05, 4.69) is 18.9 Å². The highest BCUT2D eigenvalue weighted by Gasteiger charge is 2.10. The van der Waals surface area contributed by atoms with Gasteiger partial charge in [0.25, 0.3) is 0 Å². The van der Waals surface area contributed by atoms with E-state index in [0.29, 0.717) is 18.2 Å². The monoisotopic (exact) mass is 232 g/mol. The predicted molar refractivity (Wildman–Crippen MR) is 66.1 cm³/mol. The van der Waals surface area contributed by atoms with Crippen molar-refractivity contribution >= 4 is 16.9 Å². The van der Waals surface area contributed by atoms with E-state index in [9.17, 15) is 4.79 Å². The summed E-state index contributed by atoms with van der Waals surface area (Å²) < 4.78 is 6.90. The van der Waals surface area contributed by atoms with Crippen molar-refractivity contribution in [3.63, 3.8) is 0 Å². The van der Waals surface area contributed by atoms with Gasteiger partial charge in [0.15, 0.2) is 0 Å². The lowest BCUT2D eigenvalue weighted by Crippen LogP contribution is -2.05. The molecule has 2 rings (SSSR count). The third-order valence-corrected chi connectivity index (χ3v) is 2.60. The van der Waals surface area contributed by atoms with Gasteiger partial charge in [0.2, 0.25) is 0 Å². The minimum atomic E-state index is -0.285. The Kier molecular flexibility index (Phi) is 3.13. The number of benzene rings is 1. The second-order valence-corrected chi connectivity index (χ2v) is 4.18. The zero-order valence-electron chi connectivity index (χ0n) is 10.3. The molecule has 0 atom stereocenters. The smallest absolute Gasteiger partial charge is 0.338 e. The van der Waals surface area contributed by atoms with E-state index in [0.717, 1.165) is 10.9 Å². The minimum Gasteiger partial charge on any atom is -0.462 e. The van der Waals surface area contributed by atoms with Crippen LogP contribution in [0.3, 0.4) is 0 Å². The van der Waals surface area contributed by atoms with Gasteiger partial charge in [-0.15, -0.1) is 0 Å². The summed E-state index contributed by atoms with van der Waals surface area (Å²) in [6.45, 7) is 6.34. The molecule has 4 nitrogen and oxygen atoms in total. The summed E-state index contributed by atoms with van der Waals surface area (Å²) in [6.07, 6.45) is 1.78. The molecule has 0 N–H and O–H groups in total. The van der Waals surface area contributed by atoms with Crippen LogP contribution in [0.5, 0.6) is 0 Å². The molecule has 0 radical (unpaired) electrons. The van der Waals surface area contributed by atoms with Crippen molar-refractivity contribution in [1.82, 2.24) is 9.78 Å². The Morgan fingerprint density at radius 1 is 1.47 bits per heavy atom. The molecule has 0 saturated heterocycles. The summed E-state index contributed by atoms with van der Waals surface area (Å²) >= 11 is 0. The Morgan fingerprint density at radius 3 is 2.88 bits per heavy atom. The maximum atomic E-state index is 11.6. The first-order valence-corrected chi connectivity index (χ1v) is 5.78. The summed E-state index contributed by atoms with van der Waals surface area (Å²) in [6, 6.07) is 5.82. The number of ether oxygens (including phenoxy) is 1. The van der Waals surface area contributed by atoms with Crippen LogP contribution in [0.1, 0.15) is 37.2 Å². The van der Waals surface area contributed by atoms with Gasteiger partial charge in [0, 0.05) is 11.4 Å². The highest BCUT2D eigenvalue weighted by molar-refractivity contribution is 5.94. The van der Waals surface area contributed by atoms with Gasteiger partial charge in [0.1, 0.15) is 0 Å². The molecule has 0 bridgehead atoms. The van der Waals surface area contributed by atoms with Crippen molar-refractivity contribution in [2.75, 3.05) is 6.61 Å². The third kappa shape index (κ3) is 2.16. The van der Waals surface area contributed by atoms with Crippen LogP contribution >= 0.6 is 0 Å². The lowest BCUT2D eigenvalue weighted by atomic mass is 10.1. The van der Waals surface area contributed by atoms with E-state index in [1.165, 1.54) is 0 Å². The maximum absolute atomic E-state index is 11.6. The molecule has 0 unspecified atom stereocenters. The van der Waals surface area contributed by atoms with Crippen LogP contribution in [0.4, 0.5) is 0 Å². The summed E-state index contributed by atoms with van der Waals surface area (Å²) in [5.41, 5.74) is 1.61. The SMILES string of the molecule is CCOC(=O)c1ccc2c(cnn2C(C)C)c1. The molecule has 0 amide bonds. The molecule has 0 aliphatic carbocycles. The number of rotatable bonds is 3. The molecule has 0 aliphatic rings. The molecular weight excluding hydrogens is 216 g/mol. The second-order valence-electron chi connectivity index (χ2n) is 4.18. The van der Waals surface area contributed by atoms with Crippen LogP contribution in [0, 0.1) is 0 Å². The molecule has 4 heteroatoms.